The summed E-state index contributed by atoms with van der Waals surface area (Å²) in [5, 5.41) is 3.59. The van der Waals surface area contributed by atoms with Gasteiger partial charge in [-0.25, -0.2) is 0 Å². The van der Waals surface area contributed by atoms with E-state index < -0.39 is 0 Å². The maximum atomic E-state index is 3.59. The van der Waals surface area contributed by atoms with Gasteiger partial charge in [-0.15, -0.1) is 0 Å². The molecule has 1 heteroatoms. The molecule has 1 heterocycles. The van der Waals surface area contributed by atoms with Crippen LogP contribution in [-0.4, -0.2) is 12.6 Å². The molecule has 1 aliphatic rings. The van der Waals surface area contributed by atoms with Crippen molar-refractivity contribution in [2.45, 2.75) is 58.4 Å². The first-order valence-corrected chi connectivity index (χ1v) is 5.52. The first-order valence-electron chi connectivity index (χ1n) is 5.52. The van der Waals surface area contributed by atoms with Crippen LogP contribution < -0.4 is 5.32 Å². The van der Waals surface area contributed by atoms with Gasteiger partial charge < -0.3 is 5.32 Å². The second-order valence-electron chi connectivity index (χ2n) is 4.47. The van der Waals surface area contributed by atoms with Crippen molar-refractivity contribution in [3.05, 3.63) is 0 Å². The third kappa shape index (κ3) is 4.10. The Hall–Kier alpha value is -0.0400. The van der Waals surface area contributed by atoms with Crippen LogP contribution >= 0.6 is 0 Å². The lowest BCUT2D eigenvalue weighted by molar-refractivity contribution is 0.364. The van der Waals surface area contributed by atoms with E-state index in [-0.39, 0.29) is 0 Å². The van der Waals surface area contributed by atoms with E-state index in [4.69, 9.17) is 0 Å². The lowest BCUT2D eigenvalue weighted by Gasteiger charge is -2.23. The van der Waals surface area contributed by atoms with Crippen molar-refractivity contribution >= 4 is 0 Å². The quantitative estimate of drug-likeness (QED) is 0.682. The molecule has 0 unspecified atom stereocenters. The summed E-state index contributed by atoms with van der Waals surface area (Å²) in [6.07, 6.45) is 8.46. The van der Waals surface area contributed by atoms with Crippen LogP contribution in [0.3, 0.4) is 0 Å². The molecule has 1 aliphatic heterocycles. The average molecular weight is 169 g/mol. The van der Waals surface area contributed by atoms with Crippen LogP contribution in [0.2, 0.25) is 0 Å². The molecule has 0 bridgehead atoms. The fourth-order valence-electron chi connectivity index (χ4n) is 1.94. The fourth-order valence-corrected chi connectivity index (χ4v) is 1.94. The SMILES string of the molecule is CC(C)CCC[C@@H]1CCCCN1. The Morgan fingerprint density at radius 1 is 1.33 bits per heavy atom. The molecule has 0 spiro atoms. The molecule has 1 N–H and O–H groups in total. The van der Waals surface area contributed by atoms with Crippen molar-refractivity contribution in [2.24, 2.45) is 5.92 Å². The first-order chi connectivity index (χ1) is 5.79. The highest BCUT2D eigenvalue weighted by Gasteiger charge is 2.11. The maximum Gasteiger partial charge on any atom is 0.00670 e. The average Bonchev–Trinajstić information content (AvgIpc) is 2.05. The van der Waals surface area contributed by atoms with Crippen LogP contribution in [0.5, 0.6) is 0 Å². The van der Waals surface area contributed by atoms with Crippen molar-refractivity contribution in [3.63, 3.8) is 0 Å². The molecule has 72 valence electrons. The molecule has 1 rings (SSSR count). The van der Waals surface area contributed by atoms with Gasteiger partial charge in [-0.2, -0.15) is 0 Å². The van der Waals surface area contributed by atoms with Gasteiger partial charge >= 0.3 is 0 Å². The molecule has 0 saturated carbocycles. The lowest BCUT2D eigenvalue weighted by atomic mass is 9.97. The van der Waals surface area contributed by atoms with Crippen LogP contribution in [0.1, 0.15) is 52.4 Å². The molecular weight excluding hydrogens is 146 g/mol. The van der Waals surface area contributed by atoms with E-state index in [1.54, 1.807) is 0 Å². The van der Waals surface area contributed by atoms with Crippen molar-refractivity contribution in [1.29, 1.82) is 0 Å². The van der Waals surface area contributed by atoms with E-state index in [2.05, 4.69) is 19.2 Å². The number of nitrogens with one attached hydrogen (secondary N) is 1. The van der Waals surface area contributed by atoms with Gasteiger partial charge in [-0.05, 0) is 31.7 Å². The highest BCUT2D eigenvalue weighted by Crippen LogP contribution is 2.14. The molecule has 0 radical (unpaired) electrons. The van der Waals surface area contributed by atoms with Crippen molar-refractivity contribution in [1.82, 2.24) is 5.32 Å². The molecule has 0 aliphatic carbocycles. The monoisotopic (exact) mass is 169 g/mol. The zero-order valence-electron chi connectivity index (χ0n) is 8.60. The molecule has 0 aromatic carbocycles. The Morgan fingerprint density at radius 2 is 2.17 bits per heavy atom. The number of hydrogen-bond acceptors (Lipinski definition) is 1. The van der Waals surface area contributed by atoms with Crippen LogP contribution in [-0.2, 0) is 0 Å². The normalized spacial score (nSPS) is 24.8. The maximum absolute atomic E-state index is 3.59. The van der Waals surface area contributed by atoms with Crippen LogP contribution in [0, 0.1) is 5.92 Å². The van der Waals surface area contributed by atoms with Gasteiger partial charge in [0.05, 0.1) is 0 Å². The summed E-state index contributed by atoms with van der Waals surface area (Å²) < 4.78 is 0. The highest BCUT2D eigenvalue weighted by atomic mass is 14.9. The summed E-state index contributed by atoms with van der Waals surface area (Å²) in [6, 6.07) is 0.845. The Morgan fingerprint density at radius 3 is 2.75 bits per heavy atom. The molecule has 0 aromatic rings. The summed E-state index contributed by atoms with van der Waals surface area (Å²) in [5.41, 5.74) is 0. The molecule has 1 saturated heterocycles. The van der Waals surface area contributed by atoms with Crippen molar-refractivity contribution < 1.29 is 0 Å². The molecule has 1 nitrogen and oxygen atoms in total. The predicted octanol–water partition coefficient (Wildman–Crippen LogP) is 2.95. The molecule has 0 amide bonds. The summed E-state index contributed by atoms with van der Waals surface area (Å²) in [5.74, 6) is 0.883. The topological polar surface area (TPSA) is 12.0 Å². The minimum absolute atomic E-state index is 0.845. The number of rotatable bonds is 4. The van der Waals surface area contributed by atoms with Gasteiger partial charge in [-0.1, -0.05) is 33.1 Å². The van der Waals surface area contributed by atoms with Gasteiger partial charge in [0, 0.05) is 6.04 Å². The largest absolute Gasteiger partial charge is 0.314 e. The Bertz CT molecular complexity index is 104. The molecule has 0 aromatic heterocycles. The van der Waals surface area contributed by atoms with Crippen LogP contribution in [0.15, 0.2) is 0 Å². The van der Waals surface area contributed by atoms with E-state index in [0.717, 1.165) is 12.0 Å². The Balaban J connectivity index is 1.98. The molecular formula is C11H23N. The lowest BCUT2D eigenvalue weighted by Crippen LogP contribution is -2.33. The van der Waals surface area contributed by atoms with Crippen LogP contribution in [0.25, 0.3) is 0 Å². The van der Waals surface area contributed by atoms with Gasteiger partial charge in [0.2, 0.25) is 0 Å². The first kappa shape index (κ1) is 10.0. The van der Waals surface area contributed by atoms with E-state index in [1.807, 2.05) is 0 Å². The summed E-state index contributed by atoms with van der Waals surface area (Å²) >= 11 is 0. The van der Waals surface area contributed by atoms with E-state index in [1.165, 1.54) is 45.1 Å². The van der Waals surface area contributed by atoms with Crippen molar-refractivity contribution in [2.75, 3.05) is 6.54 Å². The Labute approximate surface area is 76.9 Å². The van der Waals surface area contributed by atoms with E-state index in [9.17, 15) is 0 Å². The number of hydrogen-bond donors (Lipinski definition) is 1. The summed E-state index contributed by atoms with van der Waals surface area (Å²) in [7, 11) is 0. The minimum Gasteiger partial charge on any atom is -0.314 e. The second kappa shape index (κ2) is 5.58. The smallest absolute Gasteiger partial charge is 0.00670 e. The van der Waals surface area contributed by atoms with Crippen molar-refractivity contribution in [3.8, 4) is 0 Å². The van der Waals surface area contributed by atoms with Gasteiger partial charge in [0.25, 0.3) is 0 Å². The van der Waals surface area contributed by atoms with Gasteiger partial charge in [0.1, 0.15) is 0 Å². The van der Waals surface area contributed by atoms with Crippen LogP contribution in [0.4, 0.5) is 0 Å². The third-order valence-electron chi connectivity index (χ3n) is 2.75. The molecule has 1 atom stereocenters. The van der Waals surface area contributed by atoms with Gasteiger partial charge in [-0.3, -0.25) is 0 Å². The summed E-state index contributed by atoms with van der Waals surface area (Å²) in [6.45, 7) is 5.88. The standard InChI is InChI=1S/C11H23N/c1-10(2)6-5-8-11-7-3-4-9-12-11/h10-12H,3-9H2,1-2H3/t11-/m0/s1. The summed E-state index contributed by atoms with van der Waals surface area (Å²) in [4.78, 5) is 0. The van der Waals surface area contributed by atoms with E-state index >= 15 is 0 Å². The fraction of sp³-hybridized carbons (Fsp3) is 1.00. The zero-order valence-corrected chi connectivity index (χ0v) is 8.60. The molecule has 1 fully saturated rings. The predicted molar refractivity (Wildman–Crippen MR) is 54.3 cm³/mol. The third-order valence-corrected chi connectivity index (χ3v) is 2.75. The minimum atomic E-state index is 0.845. The Kier molecular flexibility index (Phi) is 4.67. The van der Waals surface area contributed by atoms with E-state index in [0.29, 0.717) is 0 Å². The zero-order chi connectivity index (χ0) is 8.81. The van der Waals surface area contributed by atoms with Gasteiger partial charge in [0.15, 0.2) is 0 Å². The number of piperidine rings is 1. The molecule has 12 heavy (non-hydrogen) atoms. The second-order valence-corrected chi connectivity index (χ2v) is 4.47. The highest BCUT2D eigenvalue weighted by molar-refractivity contribution is 4.71.